The van der Waals surface area contributed by atoms with Gasteiger partial charge < -0.3 is 0 Å². The average molecular weight is 427 g/mol. The highest BCUT2D eigenvalue weighted by molar-refractivity contribution is 5.96. The predicted octanol–water partition coefficient (Wildman–Crippen LogP) is 4.11. The minimum absolute atomic E-state index is 0.233. The number of hydrazine groups is 2. The Balaban J connectivity index is 1.53. The number of carbonyl (C=O) groups is 2. The Morgan fingerprint density at radius 2 is 0.906 bits per heavy atom. The Labute approximate surface area is 188 Å². The predicted molar refractivity (Wildman–Crippen MR) is 128 cm³/mol. The van der Waals surface area contributed by atoms with Gasteiger partial charge in [0.2, 0.25) is 0 Å². The van der Waals surface area contributed by atoms with E-state index in [1.54, 1.807) is 12.1 Å². The van der Waals surface area contributed by atoms with Crippen LogP contribution < -0.4 is 21.7 Å². The molecule has 0 spiro atoms. The zero-order valence-corrected chi connectivity index (χ0v) is 18.2. The van der Waals surface area contributed by atoms with Crippen LogP contribution in [0.1, 0.15) is 43.0 Å². The molecule has 2 amide bonds. The third-order valence-electron chi connectivity index (χ3n) is 5.02. The summed E-state index contributed by atoms with van der Waals surface area (Å²) in [4.78, 5) is 24.7. The van der Waals surface area contributed by atoms with Gasteiger partial charge in [0.25, 0.3) is 11.8 Å². The van der Waals surface area contributed by atoms with Gasteiger partial charge in [-0.3, -0.25) is 31.3 Å². The van der Waals surface area contributed by atoms with Crippen LogP contribution in [0.2, 0.25) is 0 Å². The minimum Gasteiger partial charge on any atom is -0.298 e. The fourth-order valence-electron chi connectivity index (χ4n) is 3.07. The van der Waals surface area contributed by atoms with E-state index >= 15 is 0 Å². The van der Waals surface area contributed by atoms with E-state index in [-0.39, 0.29) is 11.8 Å². The molecule has 0 aliphatic carbocycles. The summed E-state index contributed by atoms with van der Waals surface area (Å²) < 4.78 is 0. The Morgan fingerprint density at radius 1 is 0.562 bits per heavy atom. The standard InChI is InChI=1S/C26H26N4O2/c1-17-9-5-7-11-23(17)25(31)29-27-19(3)21-13-15-22(16-14-21)20(4)28-30-26(32)24-12-8-6-10-18(24)2/h5-16,27-28H,3-4H2,1-2H3,(H,29,31)(H,30,32). The van der Waals surface area contributed by atoms with Crippen molar-refractivity contribution < 1.29 is 9.59 Å². The number of rotatable bonds is 8. The van der Waals surface area contributed by atoms with E-state index in [2.05, 4.69) is 34.9 Å². The molecule has 162 valence electrons. The van der Waals surface area contributed by atoms with Crippen molar-refractivity contribution in [1.82, 2.24) is 21.7 Å². The molecule has 0 radical (unpaired) electrons. The topological polar surface area (TPSA) is 82.3 Å². The number of carbonyl (C=O) groups excluding carboxylic acids is 2. The van der Waals surface area contributed by atoms with Crippen LogP contribution in [0.15, 0.2) is 86.0 Å². The van der Waals surface area contributed by atoms with Crippen molar-refractivity contribution in [3.8, 4) is 0 Å². The van der Waals surface area contributed by atoms with Gasteiger partial charge in [-0.15, -0.1) is 0 Å². The molecular formula is C26H26N4O2. The monoisotopic (exact) mass is 426 g/mol. The Morgan fingerprint density at radius 3 is 1.25 bits per heavy atom. The molecule has 0 unspecified atom stereocenters. The lowest BCUT2D eigenvalue weighted by atomic mass is 10.1. The van der Waals surface area contributed by atoms with Crippen LogP contribution in [-0.2, 0) is 0 Å². The van der Waals surface area contributed by atoms with Gasteiger partial charge in [0, 0.05) is 11.1 Å². The van der Waals surface area contributed by atoms with Gasteiger partial charge in [0.05, 0.1) is 11.4 Å². The van der Waals surface area contributed by atoms with E-state index in [0.717, 1.165) is 22.3 Å². The van der Waals surface area contributed by atoms with Gasteiger partial charge >= 0.3 is 0 Å². The Bertz CT molecular complexity index is 1070. The van der Waals surface area contributed by atoms with Crippen molar-refractivity contribution in [3.63, 3.8) is 0 Å². The molecule has 0 aliphatic rings. The molecule has 4 N–H and O–H groups in total. The summed E-state index contributed by atoms with van der Waals surface area (Å²) in [6.07, 6.45) is 0. The number of nitrogens with one attached hydrogen (secondary N) is 4. The van der Waals surface area contributed by atoms with Gasteiger partial charge in [-0.2, -0.15) is 0 Å². The van der Waals surface area contributed by atoms with E-state index in [1.807, 2.05) is 74.5 Å². The number of hydrogen-bond acceptors (Lipinski definition) is 4. The normalized spacial score (nSPS) is 10.1. The molecule has 0 atom stereocenters. The summed E-state index contributed by atoms with van der Waals surface area (Å²) in [5.74, 6) is -0.467. The van der Waals surface area contributed by atoms with Gasteiger partial charge in [-0.25, -0.2) is 0 Å². The number of benzene rings is 3. The van der Waals surface area contributed by atoms with Crippen molar-refractivity contribution >= 4 is 23.2 Å². The van der Waals surface area contributed by atoms with Crippen LogP contribution in [0.5, 0.6) is 0 Å². The average Bonchev–Trinajstić information content (AvgIpc) is 2.81. The maximum Gasteiger partial charge on any atom is 0.269 e. The van der Waals surface area contributed by atoms with E-state index in [4.69, 9.17) is 0 Å². The van der Waals surface area contributed by atoms with E-state index in [1.165, 1.54) is 0 Å². The van der Waals surface area contributed by atoms with Crippen molar-refractivity contribution in [3.05, 3.63) is 119 Å². The zero-order chi connectivity index (χ0) is 23.1. The number of hydrogen-bond donors (Lipinski definition) is 4. The highest BCUT2D eigenvalue weighted by Crippen LogP contribution is 2.15. The van der Waals surface area contributed by atoms with E-state index < -0.39 is 0 Å². The van der Waals surface area contributed by atoms with E-state index in [0.29, 0.717) is 22.5 Å². The molecule has 3 aromatic carbocycles. The summed E-state index contributed by atoms with van der Waals surface area (Å²) in [5, 5.41) is 0. The highest BCUT2D eigenvalue weighted by atomic mass is 16.2. The fraction of sp³-hybridized carbons (Fsp3) is 0.0769. The van der Waals surface area contributed by atoms with Gasteiger partial charge in [-0.05, 0) is 48.2 Å². The highest BCUT2D eigenvalue weighted by Gasteiger charge is 2.10. The molecule has 6 nitrogen and oxygen atoms in total. The van der Waals surface area contributed by atoms with Crippen LogP contribution in [-0.4, -0.2) is 11.8 Å². The summed E-state index contributed by atoms with van der Waals surface area (Å²) in [7, 11) is 0. The zero-order valence-electron chi connectivity index (χ0n) is 18.2. The Hall–Kier alpha value is -4.32. The van der Waals surface area contributed by atoms with Crippen molar-refractivity contribution in [2.24, 2.45) is 0 Å². The molecule has 0 bridgehead atoms. The SMILES string of the molecule is C=C(NNC(=O)c1ccccc1C)c1ccc(C(=C)NNC(=O)c2ccccc2C)cc1. The first kappa shape index (κ1) is 22.4. The van der Waals surface area contributed by atoms with Crippen molar-refractivity contribution in [2.45, 2.75) is 13.8 Å². The third-order valence-corrected chi connectivity index (χ3v) is 5.02. The fourth-order valence-corrected chi connectivity index (χ4v) is 3.07. The van der Waals surface area contributed by atoms with Crippen LogP contribution in [0.3, 0.4) is 0 Å². The molecule has 6 heteroatoms. The van der Waals surface area contributed by atoms with Crippen LogP contribution in [0.25, 0.3) is 11.4 Å². The third kappa shape index (κ3) is 5.43. The molecule has 3 aromatic rings. The smallest absolute Gasteiger partial charge is 0.269 e. The van der Waals surface area contributed by atoms with Gasteiger partial charge in [-0.1, -0.05) is 73.8 Å². The quantitative estimate of drug-likeness (QED) is 0.409. The lowest BCUT2D eigenvalue weighted by Gasteiger charge is -2.14. The van der Waals surface area contributed by atoms with Crippen molar-refractivity contribution in [2.75, 3.05) is 0 Å². The van der Waals surface area contributed by atoms with Gasteiger partial charge in [0.1, 0.15) is 0 Å². The lowest BCUT2D eigenvalue weighted by Crippen LogP contribution is -2.36. The number of aryl methyl sites for hydroxylation is 2. The summed E-state index contributed by atoms with van der Waals surface area (Å²) >= 11 is 0. The largest absolute Gasteiger partial charge is 0.298 e. The molecule has 0 saturated carbocycles. The first-order chi connectivity index (χ1) is 15.4. The molecule has 0 aliphatic heterocycles. The molecule has 0 fully saturated rings. The minimum atomic E-state index is -0.233. The molecule has 0 heterocycles. The van der Waals surface area contributed by atoms with Crippen molar-refractivity contribution in [1.29, 1.82) is 0 Å². The summed E-state index contributed by atoms with van der Waals surface area (Å²) in [5.41, 5.74) is 16.7. The lowest BCUT2D eigenvalue weighted by molar-refractivity contribution is 0.0934. The second-order valence-electron chi connectivity index (χ2n) is 7.32. The first-order valence-electron chi connectivity index (χ1n) is 10.1. The molecule has 0 saturated heterocycles. The molecule has 32 heavy (non-hydrogen) atoms. The number of amides is 2. The van der Waals surface area contributed by atoms with Crippen LogP contribution >= 0.6 is 0 Å². The molecular weight excluding hydrogens is 400 g/mol. The second-order valence-corrected chi connectivity index (χ2v) is 7.32. The van der Waals surface area contributed by atoms with E-state index in [9.17, 15) is 9.59 Å². The Kier molecular flexibility index (Phi) is 7.08. The molecule has 0 aromatic heterocycles. The molecule has 3 rings (SSSR count). The second kappa shape index (κ2) is 10.1. The van der Waals surface area contributed by atoms with Crippen LogP contribution in [0, 0.1) is 13.8 Å². The summed E-state index contributed by atoms with van der Waals surface area (Å²) in [6, 6.07) is 22.1. The van der Waals surface area contributed by atoms with Gasteiger partial charge in [0.15, 0.2) is 0 Å². The van der Waals surface area contributed by atoms with Crippen LogP contribution in [0.4, 0.5) is 0 Å². The maximum absolute atomic E-state index is 12.3. The maximum atomic E-state index is 12.3. The summed E-state index contributed by atoms with van der Waals surface area (Å²) in [6.45, 7) is 11.7. The first-order valence-corrected chi connectivity index (χ1v) is 10.1.